The molecule has 0 aliphatic carbocycles. The normalized spacial score (nSPS) is 24.8. The van der Waals surface area contributed by atoms with Gasteiger partial charge in [-0.3, -0.25) is 4.90 Å². The fourth-order valence-corrected chi connectivity index (χ4v) is 3.63. The first-order chi connectivity index (χ1) is 11.2. The van der Waals surface area contributed by atoms with Crippen molar-refractivity contribution in [3.8, 4) is 5.75 Å². The molecule has 2 aliphatic rings. The van der Waals surface area contributed by atoms with Crippen molar-refractivity contribution in [2.75, 3.05) is 50.0 Å². The second kappa shape index (κ2) is 6.10. The second-order valence-corrected chi connectivity index (χ2v) is 7.98. The number of piperazine rings is 1. The van der Waals surface area contributed by atoms with Crippen LogP contribution in [0.1, 0.15) is 26.3 Å². The molecule has 6 nitrogen and oxygen atoms in total. The minimum Gasteiger partial charge on any atom is -0.484 e. The van der Waals surface area contributed by atoms with Crippen LogP contribution in [-0.2, 0) is 6.42 Å². The topological polar surface area (TPSA) is 82.2 Å². The van der Waals surface area contributed by atoms with Gasteiger partial charge in [-0.05, 0) is 26.8 Å². The molecule has 24 heavy (non-hydrogen) atoms. The van der Waals surface area contributed by atoms with E-state index in [4.69, 9.17) is 10.5 Å². The number of aliphatic hydroxyl groups excluding tert-OH is 1. The van der Waals surface area contributed by atoms with E-state index in [1.54, 1.807) is 0 Å². The fraction of sp³-hybridized carbons (Fsp3) is 0.667. The van der Waals surface area contributed by atoms with Crippen molar-refractivity contribution in [1.82, 2.24) is 4.90 Å². The Bertz CT molecular complexity index is 606. The van der Waals surface area contributed by atoms with Gasteiger partial charge in [-0.2, -0.15) is 0 Å². The zero-order valence-electron chi connectivity index (χ0n) is 14.9. The van der Waals surface area contributed by atoms with Gasteiger partial charge in [0.1, 0.15) is 11.4 Å². The lowest BCUT2D eigenvalue weighted by atomic mass is 9.99. The number of hydrogen-bond donors (Lipinski definition) is 3. The van der Waals surface area contributed by atoms with Crippen LogP contribution in [0.5, 0.6) is 5.75 Å². The first-order valence-corrected chi connectivity index (χ1v) is 8.61. The van der Waals surface area contributed by atoms with Crippen molar-refractivity contribution in [3.05, 3.63) is 17.7 Å². The predicted molar refractivity (Wildman–Crippen MR) is 95.6 cm³/mol. The Kier molecular flexibility index (Phi) is 4.40. The molecular weight excluding hydrogens is 306 g/mol. The average molecular weight is 335 g/mol. The van der Waals surface area contributed by atoms with Crippen molar-refractivity contribution < 1.29 is 14.9 Å². The third-order valence-electron chi connectivity index (χ3n) is 4.79. The number of benzene rings is 1. The van der Waals surface area contributed by atoms with Gasteiger partial charge in [0.05, 0.1) is 23.6 Å². The van der Waals surface area contributed by atoms with Gasteiger partial charge in [-0.1, -0.05) is 0 Å². The van der Waals surface area contributed by atoms with Gasteiger partial charge in [-0.25, -0.2) is 0 Å². The minimum atomic E-state index is -0.669. The standard InChI is InChI=1S/C18H29N3O3/c1-17(2,23)11-20-4-6-21(7-5-20)15-9-16-13(8-14(15)19)10-18(3,12-22)24-16/h8-9,22-23H,4-7,10-12,19H2,1-3H3. The second-order valence-electron chi connectivity index (χ2n) is 7.98. The lowest BCUT2D eigenvalue weighted by Gasteiger charge is -2.38. The van der Waals surface area contributed by atoms with Gasteiger partial charge in [0, 0.05) is 50.8 Å². The molecule has 0 radical (unpaired) electrons. The van der Waals surface area contributed by atoms with E-state index < -0.39 is 11.2 Å². The smallest absolute Gasteiger partial charge is 0.133 e. The van der Waals surface area contributed by atoms with Crippen LogP contribution in [0.15, 0.2) is 12.1 Å². The third-order valence-corrected chi connectivity index (χ3v) is 4.79. The van der Waals surface area contributed by atoms with E-state index >= 15 is 0 Å². The lowest BCUT2D eigenvalue weighted by Crippen LogP contribution is -2.50. The number of aliphatic hydroxyl groups is 2. The lowest BCUT2D eigenvalue weighted by molar-refractivity contribution is 0.0345. The maximum atomic E-state index is 9.96. The summed E-state index contributed by atoms with van der Waals surface area (Å²) in [5, 5.41) is 19.5. The van der Waals surface area contributed by atoms with Gasteiger partial charge in [-0.15, -0.1) is 0 Å². The summed E-state index contributed by atoms with van der Waals surface area (Å²) < 4.78 is 5.94. The maximum absolute atomic E-state index is 9.96. The number of nitrogens with two attached hydrogens (primary N) is 1. The SMILES string of the molecule is CC(C)(O)CN1CCN(c2cc3c(cc2N)CC(C)(CO)O3)CC1. The number of hydrogen-bond acceptors (Lipinski definition) is 6. The largest absolute Gasteiger partial charge is 0.484 e. The Morgan fingerprint density at radius 1 is 1.25 bits per heavy atom. The molecule has 1 atom stereocenters. The number of nitrogen functional groups attached to an aromatic ring is 1. The van der Waals surface area contributed by atoms with Gasteiger partial charge < -0.3 is 25.6 Å². The Labute approximate surface area is 143 Å². The molecule has 0 saturated carbocycles. The highest BCUT2D eigenvalue weighted by atomic mass is 16.5. The van der Waals surface area contributed by atoms with Crippen molar-refractivity contribution in [1.29, 1.82) is 0 Å². The molecule has 1 saturated heterocycles. The van der Waals surface area contributed by atoms with Crippen molar-refractivity contribution >= 4 is 11.4 Å². The summed E-state index contributed by atoms with van der Waals surface area (Å²) in [5.74, 6) is 0.828. The summed E-state index contributed by atoms with van der Waals surface area (Å²) in [6.07, 6.45) is 0.683. The Hall–Kier alpha value is -1.50. The molecule has 0 amide bonds. The van der Waals surface area contributed by atoms with Crippen molar-refractivity contribution in [3.63, 3.8) is 0 Å². The molecule has 2 heterocycles. The average Bonchev–Trinajstić information content (AvgIpc) is 2.82. The number of rotatable bonds is 4. The molecule has 2 aliphatic heterocycles. The van der Waals surface area contributed by atoms with Crippen LogP contribution >= 0.6 is 0 Å². The van der Waals surface area contributed by atoms with E-state index in [1.807, 2.05) is 32.9 Å². The quantitative estimate of drug-likeness (QED) is 0.708. The minimum absolute atomic E-state index is 0.00740. The molecule has 134 valence electrons. The first kappa shape index (κ1) is 17.3. The van der Waals surface area contributed by atoms with E-state index in [9.17, 15) is 10.2 Å². The Morgan fingerprint density at radius 3 is 2.50 bits per heavy atom. The molecule has 1 fully saturated rings. The highest BCUT2D eigenvalue weighted by Gasteiger charge is 2.35. The van der Waals surface area contributed by atoms with Gasteiger partial charge in [0.15, 0.2) is 0 Å². The van der Waals surface area contributed by atoms with Crippen LogP contribution in [-0.4, -0.2) is 65.6 Å². The summed E-state index contributed by atoms with van der Waals surface area (Å²) in [6, 6.07) is 3.99. The summed E-state index contributed by atoms with van der Waals surface area (Å²) in [6.45, 7) is 9.81. The molecule has 1 unspecified atom stereocenters. The summed E-state index contributed by atoms with van der Waals surface area (Å²) in [5.41, 5.74) is 7.89. The zero-order valence-corrected chi connectivity index (χ0v) is 14.9. The Morgan fingerprint density at radius 2 is 1.92 bits per heavy atom. The van der Waals surface area contributed by atoms with Crippen LogP contribution in [0.25, 0.3) is 0 Å². The molecule has 3 rings (SSSR count). The highest BCUT2D eigenvalue weighted by Crippen LogP contribution is 2.40. The van der Waals surface area contributed by atoms with E-state index in [0.29, 0.717) is 13.0 Å². The number of ether oxygens (including phenoxy) is 1. The molecule has 4 N–H and O–H groups in total. The van der Waals surface area contributed by atoms with Gasteiger partial charge in [0.25, 0.3) is 0 Å². The van der Waals surface area contributed by atoms with Gasteiger partial charge >= 0.3 is 0 Å². The summed E-state index contributed by atoms with van der Waals surface area (Å²) in [4.78, 5) is 4.55. The predicted octanol–water partition coefficient (Wildman–Crippen LogP) is 0.848. The van der Waals surface area contributed by atoms with E-state index in [2.05, 4.69) is 9.80 Å². The molecule has 6 heteroatoms. The monoisotopic (exact) mass is 335 g/mol. The maximum Gasteiger partial charge on any atom is 0.133 e. The summed E-state index contributed by atoms with van der Waals surface area (Å²) >= 11 is 0. The van der Waals surface area contributed by atoms with Crippen LogP contribution in [0.3, 0.4) is 0 Å². The number of nitrogens with zero attached hydrogens (tertiary/aromatic N) is 2. The molecule has 1 aromatic rings. The molecule has 0 bridgehead atoms. The highest BCUT2D eigenvalue weighted by molar-refractivity contribution is 5.72. The zero-order chi connectivity index (χ0) is 17.5. The van der Waals surface area contributed by atoms with Crippen molar-refractivity contribution in [2.24, 2.45) is 0 Å². The van der Waals surface area contributed by atoms with Crippen LogP contribution in [0, 0.1) is 0 Å². The fourth-order valence-electron chi connectivity index (χ4n) is 3.63. The van der Waals surface area contributed by atoms with E-state index in [0.717, 1.165) is 48.9 Å². The Balaban J connectivity index is 1.70. The first-order valence-electron chi connectivity index (χ1n) is 8.61. The molecular formula is C18H29N3O3. The van der Waals surface area contributed by atoms with Crippen LogP contribution in [0.4, 0.5) is 11.4 Å². The van der Waals surface area contributed by atoms with Crippen LogP contribution in [0.2, 0.25) is 0 Å². The molecule has 0 spiro atoms. The number of fused-ring (bicyclic) bond motifs is 1. The number of β-amino-alcohol motifs (C(OH)–C–C–N with tert-alkyl or cyclic N) is 1. The number of anilines is 2. The van der Waals surface area contributed by atoms with Crippen molar-refractivity contribution in [2.45, 2.75) is 38.4 Å². The van der Waals surface area contributed by atoms with E-state index in [1.165, 1.54) is 0 Å². The molecule has 1 aromatic carbocycles. The summed E-state index contributed by atoms with van der Waals surface area (Å²) in [7, 11) is 0. The third kappa shape index (κ3) is 3.61. The van der Waals surface area contributed by atoms with E-state index in [-0.39, 0.29) is 6.61 Å². The molecule has 0 aromatic heterocycles. The van der Waals surface area contributed by atoms with Crippen LogP contribution < -0.4 is 15.4 Å². The van der Waals surface area contributed by atoms with Gasteiger partial charge in [0.2, 0.25) is 0 Å².